The first-order valence-corrected chi connectivity index (χ1v) is 8.84. The number of nitrogens with one attached hydrogen (secondary N) is 1. The van der Waals surface area contributed by atoms with Crippen molar-refractivity contribution in [3.8, 4) is 0 Å². The number of carbonyl (C=O) groups is 2. The molecule has 128 valence electrons. The van der Waals surface area contributed by atoms with Gasteiger partial charge in [0.05, 0.1) is 17.8 Å². The molecule has 0 bridgehead atoms. The first kappa shape index (κ1) is 16.6. The molecule has 0 saturated heterocycles. The first-order chi connectivity index (χ1) is 11.5. The number of aryl methyl sites for hydroxylation is 1. The molecule has 1 amide bonds. The lowest BCUT2D eigenvalue weighted by molar-refractivity contribution is 0.0700. The molecule has 0 aromatic carbocycles. The lowest BCUT2D eigenvalue weighted by Crippen LogP contribution is -2.29. The summed E-state index contributed by atoms with van der Waals surface area (Å²) in [5.41, 5.74) is 1.01. The number of hydrogen-bond donors (Lipinski definition) is 2. The van der Waals surface area contributed by atoms with E-state index in [9.17, 15) is 9.59 Å². The van der Waals surface area contributed by atoms with E-state index in [-0.39, 0.29) is 22.9 Å². The van der Waals surface area contributed by atoms with Gasteiger partial charge in [0.15, 0.2) is 0 Å². The van der Waals surface area contributed by atoms with Gasteiger partial charge in [-0.15, -0.1) is 11.3 Å². The fourth-order valence-corrected chi connectivity index (χ4v) is 3.98. The van der Waals surface area contributed by atoms with E-state index in [2.05, 4.69) is 15.4 Å². The van der Waals surface area contributed by atoms with E-state index in [1.165, 1.54) is 12.8 Å². The van der Waals surface area contributed by atoms with Crippen molar-refractivity contribution < 1.29 is 14.7 Å². The number of aromatic carboxylic acids is 1. The van der Waals surface area contributed by atoms with E-state index < -0.39 is 5.97 Å². The van der Waals surface area contributed by atoms with Crippen molar-refractivity contribution in [1.82, 2.24) is 20.1 Å². The number of carbonyl (C=O) groups excluding carboxylic acids is 1. The lowest BCUT2D eigenvalue weighted by Gasteiger charge is -2.16. The highest BCUT2D eigenvalue weighted by atomic mass is 32.1. The van der Waals surface area contributed by atoms with Gasteiger partial charge in [0, 0.05) is 6.20 Å². The second-order valence-electron chi connectivity index (χ2n) is 6.07. The number of carboxylic acid groups (broad SMARTS) is 1. The van der Waals surface area contributed by atoms with Gasteiger partial charge >= 0.3 is 5.97 Å². The van der Waals surface area contributed by atoms with E-state index in [1.54, 1.807) is 26.1 Å². The number of carboxylic acids is 1. The Morgan fingerprint density at radius 3 is 2.75 bits per heavy atom. The zero-order chi connectivity index (χ0) is 17.3. The van der Waals surface area contributed by atoms with Crippen molar-refractivity contribution in [3.05, 3.63) is 33.5 Å². The predicted octanol–water partition coefficient (Wildman–Crippen LogP) is 2.95. The molecule has 2 aromatic rings. The molecular weight excluding hydrogens is 328 g/mol. The highest BCUT2D eigenvalue weighted by molar-refractivity contribution is 7.13. The fraction of sp³-hybridized carbons (Fsp3) is 0.500. The van der Waals surface area contributed by atoms with Crippen LogP contribution >= 0.6 is 11.3 Å². The van der Waals surface area contributed by atoms with E-state index in [0.717, 1.165) is 24.2 Å². The summed E-state index contributed by atoms with van der Waals surface area (Å²) in [5.74, 6) is -1.20. The summed E-state index contributed by atoms with van der Waals surface area (Å²) < 4.78 is 1.81. The molecule has 1 saturated carbocycles. The van der Waals surface area contributed by atoms with E-state index in [4.69, 9.17) is 5.11 Å². The Morgan fingerprint density at radius 2 is 2.12 bits per heavy atom. The molecule has 0 radical (unpaired) electrons. The lowest BCUT2D eigenvalue weighted by atomic mass is 10.2. The number of hydrogen-bond acceptors (Lipinski definition) is 5. The maximum atomic E-state index is 12.6. The molecule has 1 atom stereocenters. The van der Waals surface area contributed by atoms with Crippen LogP contribution in [0, 0.1) is 6.92 Å². The van der Waals surface area contributed by atoms with Crippen molar-refractivity contribution in [3.63, 3.8) is 0 Å². The van der Waals surface area contributed by atoms with Crippen LogP contribution < -0.4 is 5.32 Å². The predicted molar refractivity (Wildman–Crippen MR) is 89.4 cm³/mol. The maximum Gasteiger partial charge on any atom is 0.347 e. The van der Waals surface area contributed by atoms with Crippen LogP contribution in [0.3, 0.4) is 0 Å². The summed E-state index contributed by atoms with van der Waals surface area (Å²) in [6, 6.07) is 1.65. The molecule has 2 aromatic heterocycles. The van der Waals surface area contributed by atoms with Crippen LogP contribution in [0.2, 0.25) is 0 Å². The molecular formula is C16H20N4O3S. The van der Waals surface area contributed by atoms with Crippen LogP contribution in [0.5, 0.6) is 0 Å². The molecule has 1 unspecified atom stereocenters. The molecule has 8 heteroatoms. The van der Waals surface area contributed by atoms with Crippen LogP contribution in [-0.4, -0.2) is 31.7 Å². The van der Waals surface area contributed by atoms with E-state index in [0.29, 0.717) is 16.4 Å². The van der Waals surface area contributed by atoms with Gasteiger partial charge in [-0.2, -0.15) is 5.10 Å². The molecule has 0 spiro atoms. The minimum absolute atomic E-state index is 0.210. The fourth-order valence-electron chi connectivity index (χ4n) is 3.07. The SMILES string of the molecule is Cc1nc(C(C)NC(=O)c2ccnn2C2CCCC2)sc1C(=O)O. The number of thiazole rings is 1. The van der Waals surface area contributed by atoms with Crippen LogP contribution in [0.4, 0.5) is 0 Å². The molecule has 2 heterocycles. The molecule has 1 fully saturated rings. The quantitative estimate of drug-likeness (QED) is 0.866. The zero-order valence-corrected chi connectivity index (χ0v) is 14.5. The molecule has 24 heavy (non-hydrogen) atoms. The van der Waals surface area contributed by atoms with Gasteiger partial charge in [-0.05, 0) is 32.8 Å². The molecule has 1 aliphatic carbocycles. The highest BCUT2D eigenvalue weighted by Crippen LogP contribution is 2.30. The Labute approximate surface area is 143 Å². The van der Waals surface area contributed by atoms with Gasteiger partial charge in [-0.25, -0.2) is 9.78 Å². The van der Waals surface area contributed by atoms with Crippen LogP contribution in [0.1, 0.15) is 75.6 Å². The monoisotopic (exact) mass is 348 g/mol. The number of aromatic nitrogens is 3. The Hall–Kier alpha value is -2.22. The second kappa shape index (κ2) is 6.72. The Morgan fingerprint density at radius 1 is 1.42 bits per heavy atom. The van der Waals surface area contributed by atoms with E-state index >= 15 is 0 Å². The standard InChI is InChI=1S/C16H20N4O3S/c1-9-13(16(22)23)24-15(19-9)10(2)18-14(21)12-7-8-17-20(12)11-5-3-4-6-11/h7-8,10-11H,3-6H2,1-2H3,(H,18,21)(H,22,23). The van der Waals surface area contributed by atoms with Gasteiger partial charge in [-0.1, -0.05) is 12.8 Å². The van der Waals surface area contributed by atoms with Gasteiger partial charge in [-0.3, -0.25) is 9.48 Å². The van der Waals surface area contributed by atoms with Crippen molar-refractivity contribution in [2.45, 2.75) is 51.6 Å². The molecule has 3 rings (SSSR count). The number of amides is 1. The Bertz CT molecular complexity index is 761. The van der Waals surface area contributed by atoms with Crippen LogP contribution in [0.15, 0.2) is 12.3 Å². The Balaban J connectivity index is 1.74. The summed E-state index contributed by atoms with van der Waals surface area (Å²) in [6.07, 6.45) is 6.07. The summed E-state index contributed by atoms with van der Waals surface area (Å²) in [6.45, 7) is 3.46. The largest absolute Gasteiger partial charge is 0.477 e. The topological polar surface area (TPSA) is 97.1 Å². The van der Waals surface area contributed by atoms with Crippen LogP contribution in [-0.2, 0) is 0 Å². The Kier molecular flexibility index (Phi) is 4.66. The molecule has 0 aliphatic heterocycles. The summed E-state index contributed by atoms with van der Waals surface area (Å²) in [5, 5.41) is 16.9. The third-order valence-corrected chi connectivity index (χ3v) is 5.63. The number of rotatable bonds is 5. The van der Waals surface area contributed by atoms with Gasteiger partial charge in [0.25, 0.3) is 5.91 Å². The van der Waals surface area contributed by atoms with Gasteiger partial charge < -0.3 is 10.4 Å². The van der Waals surface area contributed by atoms with Crippen molar-refractivity contribution in [1.29, 1.82) is 0 Å². The summed E-state index contributed by atoms with van der Waals surface area (Å²) in [7, 11) is 0. The minimum Gasteiger partial charge on any atom is -0.477 e. The third kappa shape index (κ3) is 3.19. The smallest absolute Gasteiger partial charge is 0.347 e. The molecule has 2 N–H and O–H groups in total. The van der Waals surface area contributed by atoms with Gasteiger partial charge in [0.2, 0.25) is 0 Å². The normalized spacial score (nSPS) is 16.2. The molecule has 7 nitrogen and oxygen atoms in total. The highest BCUT2D eigenvalue weighted by Gasteiger charge is 2.24. The average Bonchev–Trinajstić information content (AvgIpc) is 3.26. The summed E-state index contributed by atoms with van der Waals surface area (Å²) in [4.78, 5) is 28.2. The minimum atomic E-state index is -0.992. The molecule has 1 aliphatic rings. The van der Waals surface area contributed by atoms with Crippen molar-refractivity contribution in [2.24, 2.45) is 0 Å². The van der Waals surface area contributed by atoms with Crippen molar-refractivity contribution >= 4 is 23.2 Å². The average molecular weight is 348 g/mol. The zero-order valence-electron chi connectivity index (χ0n) is 13.7. The first-order valence-electron chi connectivity index (χ1n) is 8.02. The number of nitrogens with zero attached hydrogens (tertiary/aromatic N) is 3. The van der Waals surface area contributed by atoms with Crippen molar-refractivity contribution in [2.75, 3.05) is 0 Å². The van der Waals surface area contributed by atoms with Gasteiger partial charge in [0.1, 0.15) is 15.6 Å². The summed E-state index contributed by atoms with van der Waals surface area (Å²) >= 11 is 1.10. The third-order valence-electron chi connectivity index (χ3n) is 4.30. The van der Waals surface area contributed by atoms with E-state index in [1.807, 2.05) is 4.68 Å². The van der Waals surface area contributed by atoms with Crippen LogP contribution in [0.25, 0.3) is 0 Å². The maximum absolute atomic E-state index is 12.6. The second-order valence-corrected chi connectivity index (χ2v) is 7.10.